The lowest BCUT2D eigenvalue weighted by atomic mass is 10.0. The van der Waals surface area contributed by atoms with Crippen LogP contribution in [-0.2, 0) is 42.4 Å². The van der Waals surface area contributed by atoms with Crippen LogP contribution in [0.15, 0.2) is 46.2 Å². The summed E-state index contributed by atoms with van der Waals surface area (Å²) in [5.74, 6) is -1.38. The number of sulfonamides is 1. The summed E-state index contributed by atoms with van der Waals surface area (Å²) >= 11 is 0. The fourth-order valence-electron chi connectivity index (χ4n) is 4.38. The molecule has 0 spiro atoms. The Hall–Kier alpha value is -3.25. The molecule has 0 radical (unpaired) electrons. The normalized spacial score (nSPS) is 21.5. The summed E-state index contributed by atoms with van der Waals surface area (Å²) in [6.07, 6.45) is 0.714. The summed E-state index contributed by atoms with van der Waals surface area (Å²) in [7, 11) is -7.61. The van der Waals surface area contributed by atoms with Gasteiger partial charge in [-0.25, -0.2) is 16.8 Å². The van der Waals surface area contributed by atoms with Crippen LogP contribution >= 0.6 is 0 Å². The summed E-state index contributed by atoms with van der Waals surface area (Å²) in [5, 5.41) is 2.23. The van der Waals surface area contributed by atoms with E-state index >= 15 is 0 Å². The molecule has 1 fully saturated rings. The number of benzene rings is 2. The van der Waals surface area contributed by atoms with Gasteiger partial charge in [-0.05, 0) is 48.2 Å². The van der Waals surface area contributed by atoms with Gasteiger partial charge in [0.05, 0.1) is 15.5 Å². The minimum Gasteiger partial charge on any atom is -0.322 e. The van der Waals surface area contributed by atoms with Crippen molar-refractivity contribution in [2.24, 2.45) is 0 Å². The number of piperidine rings is 1. The minimum atomic E-state index is -4.11. The van der Waals surface area contributed by atoms with E-state index in [1.54, 1.807) is 6.07 Å². The fourth-order valence-corrected chi connectivity index (χ4v) is 7.12. The molecule has 5 rings (SSSR count). The first-order valence-corrected chi connectivity index (χ1v) is 13.3. The number of aryl methyl sites for hydroxylation is 1. The Bertz CT molecular complexity index is 1450. The van der Waals surface area contributed by atoms with Crippen LogP contribution in [-0.4, -0.2) is 51.3 Å². The smallest absolute Gasteiger partial charge is 0.261 e. The predicted octanol–water partition coefficient (Wildman–Crippen LogP) is 0.578. The van der Waals surface area contributed by atoms with Gasteiger partial charge in [-0.1, -0.05) is 12.1 Å². The van der Waals surface area contributed by atoms with Crippen molar-refractivity contribution in [3.8, 4) is 0 Å². The van der Waals surface area contributed by atoms with Crippen LogP contribution < -0.4 is 10.0 Å². The zero-order chi connectivity index (χ0) is 23.5. The highest BCUT2D eigenvalue weighted by Gasteiger charge is 2.39. The predicted molar refractivity (Wildman–Crippen MR) is 115 cm³/mol. The van der Waals surface area contributed by atoms with Gasteiger partial charge in [0.15, 0.2) is 9.84 Å². The lowest BCUT2D eigenvalue weighted by molar-refractivity contribution is -0.136. The van der Waals surface area contributed by atoms with Gasteiger partial charge in [0.2, 0.25) is 11.8 Å². The second kappa shape index (κ2) is 7.39. The van der Waals surface area contributed by atoms with Gasteiger partial charge in [-0.3, -0.25) is 24.4 Å². The Kier molecular flexibility index (Phi) is 4.83. The van der Waals surface area contributed by atoms with Gasteiger partial charge in [-0.15, -0.1) is 0 Å². The van der Waals surface area contributed by atoms with Gasteiger partial charge in [-0.2, -0.15) is 0 Å². The molecular weight excluding hydrogens is 470 g/mol. The third kappa shape index (κ3) is 3.68. The van der Waals surface area contributed by atoms with E-state index in [1.807, 2.05) is 0 Å². The Balaban J connectivity index is 1.39. The van der Waals surface area contributed by atoms with E-state index in [0.29, 0.717) is 17.5 Å². The number of carbonyl (C=O) groups is 3. The van der Waals surface area contributed by atoms with E-state index in [-0.39, 0.29) is 52.1 Å². The third-order valence-electron chi connectivity index (χ3n) is 6.10. The van der Waals surface area contributed by atoms with Crippen molar-refractivity contribution in [3.63, 3.8) is 0 Å². The monoisotopic (exact) mass is 489 g/mol. The summed E-state index contributed by atoms with van der Waals surface area (Å²) in [4.78, 5) is 37.7. The van der Waals surface area contributed by atoms with Crippen LogP contribution in [0.3, 0.4) is 0 Å². The minimum absolute atomic E-state index is 0.0226. The molecule has 2 aromatic carbocycles. The van der Waals surface area contributed by atoms with Crippen molar-refractivity contribution in [1.82, 2.24) is 10.2 Å². The first-order chi connectivity index (χ1) is 15.5. The Labute approximate surface area is 189 Å². The maximum absolute atomic E-state index is 12.9. The van der Waals surface area contributed by atoms with Crippen molar-refractivity contribution in [3.05, 3.63) is 53.1 Å². The number of nitrogens with zero attached hydrogens (tertiary/aromatic N) is 1. The number of fused-ring (bicyclic) bond motifs is 2. The van der Waals surface area contributed by atoms with Crippen molar-refractivity contribution in [2.45, 2.75) is 41.6 Å². The third-order valence-corrected chi connectivity index (χ3v) is 9.28. The maximum atomic E-state index is 12.9. The average Bonchev–Trinajstić information content (AvgIpc) is 3.24. The van der Waals surface area contributed by atoms with Crippen LogP contribution in [0.2, 0.25) is 0 Å². The highest BCUT2D eigenvalue weighted by Crippen LogP contribution is 2.32. The van der Waals surface area contributed by atoms with Crippen molar-refractivity contribution in [2.75, 3.05) is 10.5 Å². The van der Waals surface area contributed by atoms with Gasteiger partial charge in [0.25, 0.3) is 15.9 Å². The van der Waals surface area contributed by atoms with E-state index in [0.717, 1.165) is 6.07 Å². The molecule has 2 N–H and O–H groups in total. The van der Waals surface area contributed by atoms with E-state index in [2.05, 4.69) is 10.0 Å². The van der Waals surface area contributed by atoms with Gasteiger partial charge in [0.1, 0.15) is 6.04 Å². The lowest BCUT2D eigenvalue weighted by Gasteiger charge is -2.29. The van der Waals surface area contributed by atoms with Crippen LogP contribution in [0, 0.1) is 0 Å². The first kappa shape index (κ1) is 21.6. The molecule has 3 heterocycles. The largest absolute Gasteiger partial charge is 0.322 e. The molecule has 3 amide bonds. The molecule has 3 aliphatic heterocycles. The van der Waals surface area contributed by atoms with Crippen LogP contribution in [0.1, 0.15) is 34.3 Å². The van der Waals surface area contributed by atoms with Crippen molar-refractivity contribution in [1.29, 1.82) is 0 Å². The molecule has 12 heteroatoms. The first-order valence-electron chi connectivity index (χ1n) is 10.2. The van der Waals surface area contributed by atoms with Crippen LogP contribution in [0.4, 0.5) is 5.69 Å². The average molecular weight is 490 g/mol. The summed E-state index contributed by atoms with van der Waals surface area (Å²) in [6, 6.07) is 7.74. The topological polar surface area (TPSA) is 147 Å². The molecule has 0 saturated carbocycles. The number of hydrogen-bond acceptors (Lipinski definition) is 7. The fraction of sp³-hybridized carbons (Fsp3) is 0.286. The molecule has 0 aliphatic carbocycles. The molecule has 33 heavy (non-hydrogen) atoms. The zero-order valence-electron chi connectivity index (χ0n) is 17.2. The Morgan fingerprint density at radius 3 is 2.52 bits per heavy atom. The lowest BCUT2D eigenvalue weighted by Crippen LogP contribution is -2.52. The second-order valence-corrected chi connectivity index (χ2v) is 12.0. The van der Waals surface area contributed by atoms with Gasteiger partial charge in [0, 0.05) is 24.2 Å². The molecule has 1 atom stereocenters. The SMILES string of the molecule is O=C1CCC(N2Cc3ccc(NS(=O)(=O)c4ccc5c(c4)S(=O)(=O)CC5)cc3C2=O)C(=O)N1. The van der Waals surface area contributed by atoms with Gasteiger partial charge < -0.3 is 4.90 Å². The Morgan fingerprint density at radius 2 is 1.76 bits per heavy atom. The standard InChI is InChI=1S/C21H19N3O7S2/c25-19-6-5-17(20(26)22-19)24-11-13-1-3-14(9-16(13)21(24)27)23-33(30,31)15-4-2-12-7-8-32(28,29)18(12)10-15/h1-4,9-10,17,23H,5-8,11H2,(H,22,25,26). The number of nitrogens with one attached hydrogen (secondary N) is 2. The summed E-state index contributed by atoms with van der Waals surface area (Å²) in [6.45, 7) is 0.177. The van der Waals surface area contributed by atoms with E-state index in [4.69, 9.17) is 0 Å². The molecule has 3 aliphatic rings. The molecule has 2 aromatic rings. The molecular formula is C21H19N3O7S2. The van der Waals surface area contributed by atoms with Crippen LogP contribution in [0.5, 0.6) is 0 Å². The number of carbonyl (C=O) groups excluding carboxylic acids is 3. The molecule has 1 unspecified atom stereocenters. The Morgan fingerprint density at radius 1 is 1.00 bits per heavy atom. The van der Waals surface area contributed by atoms with Gasteiger partial charge >= 0.3 is 0 Å². The summed E-state index contributed by atoms with van der Waals surface area (Å²) < 4.78 is 52.5. The van der Waals surface area contributed by atoms with E-state index in [1.165, 1.54) is 29.2 Å². The van der Waals surface area contributed by atoms with E-state index in [9.17, 15) is 31.2 Å². The number of sulfone groups is 1. The molecule has 10 nitrogen and oxygen atoms in total. The maximum Gasteiger partial charge on any atom is 0.261 e. The van der Waals surface area contributed by atoms with E-state index < -0.39 is 37.7 Å². The molecule has 0 aromatic heterocycles. The number of rotatable bonds is 4. The molecule has 1 saturated heterocycles. The quantitative estimate of drug-likeness (QED) is 0.597. The number of imide groups is 1. The molecule has 0 bridgehead atoms. The highest BCUT2D eigenvalue weighted by molar-refractivity contribution is 7.93. The number of anilines is 1. The van der Waals surface area contributed by atoms with Crippen LogP contribution in [0.25, 0.3) is 0 Å². The zero-order valence-corrected chi connectivity index (χ0v) is 18.8. The van der Waals surface area contributed by atoms with Crippen molar-refractivity contribution >= 4 is 43.3 Å². The highest BCUT2D eigenvalue weighted by atomic mass is 32.2. The number of hydrogen-bond donors (Lipinski definition) is 2. The number of amides is 3. The second-order valence-electron chi connectivity index (χ2n) is 8.22. The van der Waals surface area contributed by atoms with Crippen molar-refractivity contribution < 1.29 is 31.2 Å². The molecule has 172 valence electrons. The summed E-state index contributed by atoms with van der Waals surface area (Å²) in [5.41, 5.74) is 1.62.